The fourth-order valence-corrected chi connectivity index (χ4v) is 3.34. The standard InChI is InChI=1S/C23H22FNO5/c1-3-13-30-16-10-8-15(9-11-16)21(26)19-20(17-6-4-5-7-18(17)24)25(12-14-29-2)23(28)22(19)27/h3-11,20,26H,1,12-14H2,2H3/t20-/m0/s1. The highest BCUT2D eigenvalue weighted by atomic mass is 19.1. The molecule has 0 bridgehead atoms. The van der Waals surface area contributed by atoms with Gasteiger partial charge in [-0.3, -0.25) is 9.59 Å². The van der Waals surface area contributed by atoms with Gasteiger partial charge in [0.05, 0.1) is 18.2 Å². The lowest BCUT2D eigenvalue weighted by atomic mass is 9.95. The summed E-state index contributed by atoms with van der Waals surface area (Å²) in [5, 5.41) is 10.9. The van der Waals surface area contributed by atoms with Crippen LogP contribution in [-0.4, -0.2) is 48.6 Å². The van der Waals surface area contributed by atoms with E-state index in [9.17, 15) is 19.1 Å². The number of ketones is 1. The predicted octanol–water partition coefficient (Wildman–Crippen LogP) is 3.46. The number of methoxy groups -OCH3 is 1. The molecular weight excluding hydrogens is 389 g/mol. The number of hydrogen-bond acceptors (Lipinski definition) is 5. The van der Waals surface area contributed by atoms with Gasteiger partial charge in [-0.25, -0.2) is 4.39 Å². The van der Waals surface area contributed by atoms with Crippen LogP contribution in [0.15, 0.2) is 66.8 Å². The number of hydrogen-bond donors (Lipinski definition) is 1. The second-order valence-electron chi connectivity index (χ2n) is 6.63. The molecule has 1 amide bonds. The normalized spacial score (nSPS) is 17.9. The number of ether oxygens (including phenoxy) is 2. The van der Waals surface area contributed by atoms with Crippen LogP contribution in [0, 0.1) is 5.82 Å². The van der Waals surface area contributed by atoms with Gasteiger partial charge in [0.25, 0.3) is 11.7 Å². The lowest BCUT2D eigenvalue weighted by molar-refractivity contribution is -0.140. The first-order valence-corrected chi connectivity index (χ1v) is 9.35. The molecule has 30 heavy (non-hydrogen) atoms. The van der Waals surface area contributed by atoms with E-state index in [-0.39, 0.29) is 30.0 Å². The van der Waals surface area contributed by atoms with Crippen molar-refractivity contribution in [1.82, 2.24) is 4.90 Å². The molecule has 0 saturated carbocycles. The zero-order valence-corrected chi connectivity index (χ0v) is 16.5. The summed E-state index contributed by atoms with van der Waals surface area (Å²) in [6, 6.07) is 11.2. The van der Waals surface area contributed by atoms with Gasteiger partial charge in [0.15, 0.2) is 0 Å². The molecule has 1 aliphatic rings. The van der Waals surface area contributed by atoms with E-state index in [0.717, 1.165) is 0 Å². The van der Waals surface area contributed by atoms with E-state index in [2.05, 4.69) is 6.58 Å². The summed E-state index contributed by atoms with van der Waals surface area (Å²) in [6.45, 7) is 4.13. The molecule has 7 heteroatoms. The Morgan fingerprint density at radius 2 is 1.90 bits per heavy atom. The molecule has 1 heterocycles. The summed E-state index contributed by atoms with van der Waals surface area (Å²) in [6.07, 6.45) is 1.60. The molecule has 1 fully saturated rings. The second-order valence-corrected chi connectivity index (χ2v) is 6.63. The average Bonchev–Trinajstić information content (AvgIpc) is 3.01. The zero-order chi connectivity index (χ0) is 21.7. The van der Waals surface area contributed by atoms with Crippen LogP contribution in [0.3, 0.4) is 0 Å². The van der Waals surface area contributed by atoms with Crippen LogP contribution in [0.5, 0.6) is 5.75 Å². The number of aliphatic hydroxyl groups is 1. The van der Waals surface area contributed by atoms with E-state index in [1.54, 1.807) is 36.4 Å². The summed E-state index contributed by atoms with van der Waals surface area (Å²) in [5.74, 6) is -2.09. The number of rotatable bonds is 8. The molecule has 156 valence electrons. The fourth-order valence-electron chi connectivity index (χ4n) is 3.34. The molecule has 6 nitrogen and oxygen atoms in total. The molecule has 0 aliphatic carbocycles. The molecule has 3 rings (SSSR count). The number of likely N-dealkylation sites (tertiary alicyclic amines) is 1. The van der Waals surface area contributed by atoms with Gasteiger partial charge >= 0.3 is 0 Å². The summed E-state index contributed by atoms with van der Waals surface area (Å²) < 4.78 is 25.0. The van der Waals surface area contributed by atoms with Gasteiger partial charge in [0, 0.05) is 24.8 Å². The minimum atomic E-state index is -1.06. The van der Waals surface area contributed by atoms with Crippen molar-refractivity contribution in [2.45, 2.75) is 6.04 Å². The third-order valence-electron chi connectivity index (χ3n) is 4.77. The summed E-state index contributed by atoms with van der Waals surface area (Å²) >= 11 is 0. The van der Waals surface area contributed by atoms with E-state index in [0.29, 0.717) is 17.9 Å². The van der Waals surface area contributed by atoms with Crippen LogP contribution in [0.2, 0.25) is 0 Å². The summed E-state index contributed by atoms with van der Waals surface area (Å²) in [7, 11) is 1.46. The van der Waals surface area contributed by atoms with Crippen molar-refractivity contribution in [3.05, 3.63) is 83.7 Å². The van der Waals surface area contributed by atoms with E-state index in [1.807, 2.05) is 0 Å². The Bertz CT molecular complexity index is 983. The van der Waals surface area contributed by atoms with Crippen LogP contribution in [0.25, 0.3) is 5.76 Å². The molecular formula is C23H22FNO5. The Morgan fingerprint density at radius 3 is 2.53 bits per heavy atom. The third-order valence-corrected chi connectivity index (χ3v) is 4.77. The predicted molar refractivity (Wildman–Crippen MR) is 109 cm³/mol. The van der Waals surface area contributed by atoms with Crippen LogP contribution < -0.4 is 4.74 Å². The smallest absolute Gasteiger partial charge is 0.295 e. The van der Waals surface area contributed by atoms with E-state index in [4.69, 9.17) is 9.47 Å². The lowest BCUT2D eigenvalue weighted by Gasteiger charge is -2.25. The number of aliphatic hydroxyl groups excluding tert-OH is 1. The number of carbonyl (C=O) groups is 2. The second kappa shape index (κ2) is 9.37. The van der Waals surface area contributed by atoms with Gasteiger partial charge in [0.2, 0.25) is 0 Å². The number of nitrogens with zero attached hydrogens (tertiary/aromatic N) is 1. The molecule has 2 aromatic carbocycles. The molecule has 1 aliphatic heterocycles. The first-order valence-electron chi connectivity index (χ1n) is 9.35. The topological polar surface area (TPSA) is 76.1 Å². The van der Waals surface area contributed by atoms with Crippen molar-refractivity contribution >= 4 is 17.4 Å². The Morgan fingerprint density at radius 1 is 1.20 bits per heavy atom. The summed E-state index contributed by atoms with van der Waals surface area (Å²) in [4.78, 5) is 26.7. The minimum Gasteiger partial charge on any atom is -0.507 e. The fraction of sp³-hybridized carbons (Fsp3) is 0.217. The van der Waals surface area contributed by atoms with Crippen molar-refractivity contribution in [3.63, 3.8) is 0 Å². The molecule has 0 spiro atoms. The van der Waals surface area contributed by atoms with Crippen molar-refractivity contribution in [1.29, 1.82) is 0 Å². The van der Waals surface area contributed by atoms with Gasteiger partial charge in [0.1, 0.15) is 23.9 Å². The van der Waals surface area contributed by atoms with Gasteiger partial charge in [-0.05, 0) is 30.3 Å². The molecule has 0 radical (unpaired) electrons. The Kier molecular flexibility index (Phi) is 6.64. The number of halogens is 1. The number of benzene rings is 2. The molecule has 2 aromatic rings. The van der Waals surface area contributed by atoms with E-state index < -0.39 is 23.5 Å². The van der Waals surface area contributed by atoms with Crippen molar-refractivity contribution in [3.8, 4) is 5.75 Å². The lowest BCUT2D eigenvalue weighted by Crippen LogP contribution is -2.33. The van der Waals surface area contributed by atoms with Crippen LogP contribution in [0.1, 0.15) is 17.2 Å². The van der Waals surface area contributed by atoms with Crippen molar-refractivity contribution < 1.29 is 28.6 Å². The number of carbonyl (C=O) groups excluding carboxylic acids is 2. The largest absolute Gasteiger partial charge is 0.507 e. The summed E-state index contributed by atoms with van der Waals surface area (Å²) in [5.41, 5.74) is 0.272. The highest BCUT2D eigenvalue weighted by Crippen LogP contribution is 2.40. The monoisotopic (exact) mass is 411 g/mol. The number of Topliss-reactive ketones (excluding diaryl/α,β-unsaturated/α-hetero) is 1. The van der Waals surface area contributed by atoms with Crippen LogP contribution >= 0.6 is 0 Å². The van der Waals surface area contributed by atoms with Gasteiger partial charge in [-0.15, -0.1) is 0 Å². The first kappa shape index (κ1) is 21.3. The van der Waals surface area contributed by atoms with Crippen molar-refractivity contribution in [2.75, 3.05) is 26.9 Å². The number of amides is 1. The van der Waals surface area contributed by atoms with E-state index >= 15 is 0 Å². The van der Waals surface area contributed by atoms with Gasteiger partial charge < -0.3 is 19.5 Å². The third kappa shape index (κ3) is 4.11. The van der Waals surface area contributed by atoms with Gasteiger partial charge in [-0.2, -0.15) is 0 Å². The molecule has 1 atom stereocenters. The van der Waals surface area contributed by atoms with Gasteiger partial charge in [-0.1, -0.05) is 30.9 Å². The Labute approximate surface area is 173 Å². The Hall–Kier alpha value is -3.45. The van der Waals surface area contributed by atoms with E-state index in [1.165, 1.54) is 30.2 Å². The molecule has 0 unspecified atom stereocenters. The maximum atomic E-state index is 14.6. The molecule has 1 saturated heterocycles. The van der Waals surface area contributed by atoms with Crippen molar-refractivity contribution in [2.24, 2.45) is 0 Å². The quantitative estimate of drug-likeness (QED) is 0.312. The van der Waals surface area contributed by atoms with Crippen LogP contribution in [0.4, 0.5) is 4.39 Å². The molecule has 0 aromatic heterocycles. The van der Waals surface area contributed by atoms with Crippen LogP contribution in [-0.2, 0) is 14.3 Å². The maximum Gasteiger partial charge on any atom is 0.295 e. The maximum absolute atomic E-state index is 14.6. The molecule has 1 N–H and O–H groups in total. The Balaban J connectivity index is 2.08. The zero-order valence-electron chi connectivity index (χ0n) is 16.5. The SMILES string of the molecule is C=CCOc1ccc(C(O)=C2C(=O)C(=O)N(CCOC)[C@H]2c2ccccc2F)cc1. The highest BCUT2D eigenvalue weighted by Gasteiger charge is 2.46. The highest BCUT2D eigenvalue weighted by molar-refractivity contribution is 6.46. The first-order chi connectivity index (χ1) is 14.5. The average molecular weight is 411 g/mol. The minimum absolute atomic E-state index is 0.0746.